The lowest BCUT2D eigenvalue weighted by Crippen LogP contribution is -2.25. The van der Waals surface area contributed by atoms with Gasteiger partial charge in [0.05, 0.1) is 16.2 Å². The number of sulfone groups is 1. The molecule has 0 aliphatic heterocycles. The number of carboxylic acid groups (broad SMARTS) is 1. The molecule has 1 amide bonds. The summed E-state index contributed by atoms with van der Waals surface area (Å²) in [5.41, 5.74) is 1.03. The van der Waals surface area contributed by atoms with Gasteiger partial charge in [0, 0.05) is 13.0 Å². The first-order valence-corrected chi connectivity index (χ1v) is 8.18. The number of amides is 1. The van der Waals surface area contributed by atoms with E-state index in [0.717, 1.165) is 6.07 Å². The van der Waals surface area contributed by atoms with Crippen molar-refractivity contribution >= 4 is 21.7 Å². The molecule has 6 nitrogen and oxygen atoms in total. The normalized spacial score (nSPS) is 11.2. The molecule has 0 aromatic heterocycles. The Kier molecular flexibility index (Phi) is 5.48. The highest BCUT2D eigenvalue weighted by molar-refractivity contribution is 7.91. The monoisotopic (exact) mass is 313 g/mol. The number of hydrogen-bond donors (Lipinski definition) is 2. The van der Waals surface area contributed by atoms with Gasteiger partial charge in [-0.1, -0.05) is 0 Å². The van der Waals surface area contributed by atoms with Crippen molar-refractivity contribution in [3.05, 3.63) is 28.8 Å². The third-order valence-electron chi connectivity index (χ3n) is 3.17. The summed E-state index contributed by atoms with van der Waals surface area (Å²) in [6, 6.07) is 2.58. The van der Waals surface area contributed by atoms with Crippen molar-refractivity contribution in [1.29, 1.82) is 0 Å². The maximum atomic E-state index is 12.3. The zero-order valence-electron chi connectivity index (χ0n) is 12.3. The predicted molar refractivity (Wildman–Crippen MR) is 78.2 cm³/mol. The molecule has 1 aromatic rings. The number of hydrogen-bond acceptors (Lipinski definition) is 4. The fourth-order valence-electron chi connectivity index (χ4n) is 1.90. The molecule has 0 bridgehead atoms. The molecule has 7 heteroatoms. The van der Waals surface area contributed by atoms with Crippen molar-refractivity contribution in [2.45, 2.75) is 32.1 Å². The van der Waals surface area contributed by atoms with E-state index in [1.54, 1.807) is 20.8 Å². The molecular weight excluding hydrogens is 294 g/mol. The minimum atomic E-state index is -3.71. The van der Waals surface area contributed by atoms with Crippen LogP contribution in [-0.4, -0.2) is 37.7 Å². The third kappa shape index (κ3) is 4.29. The van der Waals surface area contributed by atoms with Gasteiger partial charge < -0.3 is 10.4 Å². The zero-order chi connectivity index (χ0) is 16.2. The van der Waals surface area contributed by atoms with E-state index in [1.165, 1.54) is 6.07 Å². The molecule has 0 atom stereocenters. The second-order valence-corrected chi connectivity index (χ2v) is 6.82. The molecule has 0 saturated heterocycles. The highest BCUT2D eigenvalue weighted by Gasteiger charge is 2.21. The van der Waals surface area contributed by atoms with Gasteiger partial charge in [0.15, 0.2) is 9.84 Å². The second kappa shape index (κ2) is 6.71. The van der Waals surface area contributed by atoms with Gasteiger partial charge in [-0.2, -0.15) is 0 Å². The number of rotatable bonds is 6. The van der Waals surface area contributed by atoms with Crippen molar-refractivity contribution in [3.63, 3.8) is 0 Å². The molecule has 0 heterocycles. The fourth-order valence-corrected chi connectivity index (χ4v) is 3.50. The number of nitrogens with one attached hydrogen (secondary N) is 1. The lowest BCUT2D eigenvalue weighted by molar-refractivity contribution is -0.120. The smallest absolute Gasteiger partial charge is 0.335 e. The standard InChI is InChI=1S/C14H19NO5S/c1-4-15-13(16)5-6-21(19,20)12-8-11(14(17)18)7-9(2)10(12)3/h7-8H,4-6H2,1-3H3,(H,15,16)(H,17,18). The zero-order valence-corrected chi connectivity index (χ0v) is 13.1. The average molecular weight is 313 g/mol. The van der Waals surface area contributed by atoms with E-state index in [2.05, 4.69) is 5.32 Å². The lowest BCUT2D eigenvalue weighted by Gasteiger charge is -2.11. The van der Waals surface area contributed by atoms with Crippen LogP contribution in [0.4, 0.5) is 0 Å². The first-order valence-electron chi connectivity index (χ1n) is 6.53. The number of carbonyl (C=O) groups excluding carboxylic acids is 1. The summed E-state index contributed by atoms with van der Waals surface area (Å²) in [7, 11) is -3.71. The summed E-state index contributed by atoms with van der Waals surface area (Å²) in [5, 5.41) is 11.5. The summed E-state index contributed by atoms with van der Waals surface area (Å²) in [6.07, 6.45) is -0.147. The quantitative estimate of drug-likeness (QED) is 0.824. The van der Waals surface area contributed by atoms with Gasteiger partial charge in [-0.15, -0.1) is 0 Å². The molecule has 21 heavy (non-hydrogen) atoms. The van der Waals surface area contributed by atoms with E-state index >= 15 is 0 Å². The summed E-state index contributed by atoms with van der Waals surface area (Å²) >= 11 is 0. The topological polar surface area (TPSA) is 101 Å². The first kappa shape index (κ1) is 17.2. The molecule has 0 unspecified atom stereocenters. The van der Waals surface area contributed by atoms with E-state index in [4.69, 9.17) is 5.11 Å². The summed E-state index contributed by atoms with van der Waals surface area (Å²) in [6.45, 7) is 5.46. The maximum absolute atomic E-state index is 12.3. The van der Waals surface area contributed by atoms with Crippen molar-refractivity contribution in [3.8, 4) is 0 Å². The Morgan fingerprint density at radius 3 is 2.38 bits per heavy atom. The number of benzene rings is 1. The highest BCUT2D eigenvalue weighted by Crippen LogP contribution is 2.22. The Bertz CT molecular complexity index is 664. The van der Waals surface area contributed by atoms with E-state index in [0.29, 0.717) is 17.7 Å². The first-order chi connectivity index (χ1) is 9.69. The molecule has 0 spiro atoms. The van der Waals surface area contributed by atoms with Crippen LogP contribution in [0.2, 0.25) is 0 Å². The average Bonchev–Trinajstić information content (AvgIpc) is 2.39. The Morgan fingerprint density at radius 1 is 1.24 bits per heavy atom. The lowest BCUT2D eigenvalue weighted by atomic mass is 10.1. The number of carbonyl (C=O) groups is 2. The van der Waals surface area contributed by atoms with Gasteiger partial charge >= 0.3 is 5.97 Å². The van der Waals surface area contributed by atoms with E-state index < -0.39 is 15.8 Å². The second-order valence-electron chi connectivity index (χ2n) is 4.74. The van der Waals surface area contributed by atoms with Crippen molar-refractivity contribution in [2.75, 3.05) is 12.3 Å². The van der Waals surface area contributed by atoms with Crippen LogP contribution in [0.1, 0.15) is 34.8 Å². The predicted octanol–water partition coefficient (Wildman–Crippen LogP) is 1.30. The van der Waals surface area contributed by atoms with Crippen LogP contribution >= 0.6 is 0 Å². The maximum Gasteiger partial charge on any atom is 0.335 e. The Labute approximate surface area is 124 Å². The van der Waals surface area contributed by atoms with E-state index in [9.17, 15) is 18.0 Å². The molecule has 116 valence electrons. The van der Waals surface area contributed by atoms with Gasteiger partial charge in [0.25, 0.3) is 0 Å². The van der Waals surface area contributed by atoms with Crippen molar-refractivity contribution in [1.82, 2.24) is 5.32 Å². The van der Waals surface area contributed by atoms with Gasteiger partial charge in [-0.3, -0.25) is 4.79 Å². The molecule has 0 fully saturated rings. The van der Waals surface area contributed by atoms with Crippen LogP contribution in [-0.2, 0) is 14.6 Å². The number of aryl methyl sites for hydroxylation is 1. The third-order valence-corrected chi connectivity index (χ3v) is 5.01. The molecule has 0 aliphatic rings. The van der Waals surface area contributed by atoms with Crippen molar-refractivity contribution in [2.24, 2.45) is 0 Å². The molecule has 1 rings (SSSR count). The minimum absolute atomic E-state index is 0.0239. The molecule has 2 N–H and O–H groups in total. The molecule has 1 aromatic carbocycles. The van der Waals surface area contributed by atoms with Gasteiger partial charge in [-0.25, -0.2) is 13.2 Å². The van der Waals surface area contributed by atoms with Gasteiger partial charge in [0.2, 0.25) is 5.91 Å². The number of carboxylic acids is 1. The molecule has 0 radical (unpaired) electrons. The SMILES string of the molecule is CCNC(=O)CCS(=O)(=O)c1cc(C(=O)O)cc(C)c1C. The van der Waals surface area contributed by atoms with Crippen LogP contribution < -0.4 is 5.32 Å². The molecule has 0 saturated carbocycles. The van der Waals surface area contributed by atoms with Gasteiger partial charge in [-0.05, 0) is 44.0 Å². The van der Waals surface area contributed by atoms with Crippen LogP contribution in [0.25, 0.3) is 0 Å². The van der Waals surface area contributed by atoms with E-state index in [1.807, 2.05) is 0 Å². The molecule has 0 aliphatic carbocycles. The van der Waals surface area contributed by atoms with Gasteiger partial charge in [0.1, 0.15) is 0 Å². The van der Waals surface area contributed by atoms with Crippen LogP contribution in [0, 0.1) is 13.8 Å². The summed E-state index contributed by atoms with van der Waals surface area (Å²) < 4.78 is 24.6. The molecular formula is C14H19NO5S. The van der Waals surface area contributed by atoms with E-state index in [-0.39, 0.29) is 28.5 Å². The Morgan fingerprint density at radius 2 is 1.86 bits per heavy atom. The Balaban J connectivity index is 3.13. The fraction of sp³-hybridized carbons (Fsp3) is 0.429. The number of aromatic carboxylic acids is 1. The van der Waals surface area contributed by atoms with Crippen molar-refractivity contribution < 1.29 is 23.1 Å². The summed E-state index contributed by atoms with van der Waals surface area (Å²) in [4.78, 5) is 22.4. The van der Waals surface area contributed by atoms with Crippen LogP contribution in [0.3, 0.4) is 0 Å². The van der Waals surface area contributed by atoms with Crippen LogP contribution in [0.5, 0.6) is 0 Å². The minimum Gasteiger partial charge on any atom is -0.478 e. The largest absolute Gasteiger partial charge is 0.478 e. The highest BCUT2D eigenvalue weighted by atomic mass is 32.2. The van der Waals surface area contributed by atoms with Crippen LogP contribution in [0.15, 0.2) is 17.0 Å². The Hall–Kier alpha value is -1.89. The summed E-state index contributed by atoms with van der Waals surface area (Å²) in [5.74, 6) is -1.87.